The van der Waals surface area contributed by atoms with E-state index in [0.29, 0.717) is 111 Å². The van der Waals surface area contributed by atoms with Gasteiger partial charge in [0.1, 0.15) is 18.5 Å². The van der Waals surface area contributed by atoms with E-state index in [1.54, 1.807) is 12.4 Å². The summed E-state index contributed by atoms with van der Waals surface area (Å²) in [5.74, 6) is 0.381. The first-order valence-electron chi connectivity index (χ1n) is 31.5. The van der Waals surface area contributed by atoms with Crippen LogP contribution in [0.5, 0.6) is 0 Å². The van der Waals surface area contributed by atoms with Crippen molar-refractivity contribution in [1.29, 1.82) is 0 Å². The number of hydrogen-bond acceptors (Lipinski definition) is 11. The monoisotopic (exact) mass is 1180 g/mol. The fourth-order valence-electron chi connectivity index (χ4n) is 12.2. The standard InChI is InChI=1S/C72H88N8O7/c1-71(2)60-28-16-19-31-63(60)77(5)65(71)33-9-6-10-34-66-72(3,4)61-29-17-20-32-64(61)78(66)44-22-8-11-35-67(82)74-41-21-7-12-36-68(83)79-54-56-24-13-14-26-58(56)69-70(59-27-15-18-30-62(59)79)80(76-75-69)45-47-85-49-51-87-53-52-86-50-48-84-46-23-25-57(81)38-37-55-39-42-73-43-40-55/h6,9-10,13-20,24,26-34,39-40,42-43H,7-8,11-12,21-23,25,35-38,41,44-54H2,1-5H3/p+1. The molecule has 458 valence electrons. The second-order valence-corrected chi connectivity index (χ2v) is 23.8. The maximum absolute atomic E-state index is 14.3. The number of aryl methyl sites for hydroxylation is 1. The van der Waals surface area contributed by atoms with Crippen molar-refractivity contribution in [3.8, 4) is 22.5 Å². The van der Waals surface area contributed by atoms with E-state index in [1.165, 1.54) is 33.9 Å². The molecule has 1 N–H and O–H groups in total. The van der Waals surface area contributed by atoms with Crippen molar-refractivity contribution in [3.05, 3.63) is 180 Å². The van der Waals surface area contributed by atoms with Crippen molar-refractivity contribution in [2.45, 2.75) is 129 Å². The molecule has 4 aromatic carbocycles. The van der Waals surface area contributed by atoms with Gasteiger partial charge in [-0.25, -0.2) is 4.68 Å². The third kappa shape index (κ3) is 16.7. The minimum Gasteiger partial charge on any atom is -0.379 e. The van der Waals surface area contributed by atoms with E-state index in [4.69, 9.17) is 24.0 Å². The van der Waals surface area contributed by atoms with E-state index >= 15 is 0 Å². The van der Waals surface area contributed by atoms with Crippen LogP contribution >= 0.6 is 0 Å². The van der Waals surface area contributed by atoms with Crippen molar-refractivity contribution >= 4 is 40.4 Å². The number of para-hydroxylation sites is 3. The minimum absolute atomic E-state index is 0.0506. The number of allylic oxidation sites excluding steroid dienone is 6. The van der Waals surface area contributed by atoms with Gasteiger partial charge in [-0.05, 0) is 99.4 Å². The normalized spacial score (nSPS) is 15.2. The summed E-state index contributed by atoms with van der Waals surface area (Å²) in [6, 6.07) is 37.4. The summed E-state index contributed by atoms with van der Waals surface area (Å²) in [4.78, 5) is 47.9. The van der Waals surface area contributed by atoms with Crippen molar-refractivity contribution < 1.29 is 37.9 Å². The highest BCUT2D eigenvalue weighted by molar-refractivity contribution is 6.03. The van der Waals surface area contributed by atoms with Gasteiger partial charge >= 0.3 is 0 Å². The van der Waals surface area contributed by atoms with Gasteiger partial charge in [0.2, 0.25) is 17.5 Å². The van der Waals surface area contributed by atoms with E-state index in [0.717, 1.165) is 84.4 Å². The van der Waals surface area contributed by atoms with Crippen molar-refractivity contribution in [3.63, 3.8) is 0 Å². The molecule has 0 spiro atoms. The number of Topliss-reactive ketones (excluding diaryl/α,β-unsaturated/α-hetero) is 1. The average Bonchev–Trinajstić information content (AvgIpc) is 2.05. The Labute approximate surface area is 515 Å². The van der Waals surface area contributed by atoms with Crippen LogP contribution < -0.4 is 15.1 Å². The van der Waals surface area contributed by atoms with Crippen LogP contribution in [0.15, 0.2) is 158 Å². The molecule has 15 nitrogen and oxygen atoms in total. The van der Waals surface area contributed by atoms with E-state index in [2.05, 4.69) is 151 Å². The Morgan fingerprint density at radius 2 is 1.26 bits per heavy atom. The van der Waals surface area contributed by atoms with Crippen LogP contribution in [0.4, 0.5) is 17.1 Å². The van der Waals surface area contributed by atoms with Gasteiger partial charge in [-0.2, -0.15) is 4.58 Å². The van der Waals surface area contributed by atoms with Gasteiger partial charge in [0, 0.05) is 103 Å². The Kier molecular flexibility index (Phi) is 23.3. The second kappa shape index (κ2) is 31.8. The number of ether oxygens (including phenoxy) is 4. The summed E-state index contributed by atoms with van der Waals surface area (Å²) in [7, 11) is 2.15. The quantitative estimate of drug-likeness (QED) is 0.0233. The van der Waals surface area contributed by atoms with Crippen LogP contribution in [-0.2, 0) is 63.7 Å². The Balaban J connectivity index is 0.659. The molecule has 0 aliphatic carbocycles. The largest absolute Gasteiger partial charge is 0.379 e. The molecule has 9 rings (SSSR count). The van der Waals surface area contributed by atoms with Crippen LogP contribution in [-0.4, -0.2) is 121 Å². The molecule has 0 atom stereocenters. The lowest BCUT2D eigenvalue weighted by Crippen LogP contribution is -2.31. The summed E-state index contributed by atoms with van der Waals surface area (Å²) in [6.07, 6.45) is 23.0. The highest BCUT2D eigenvalue weighted by Crippen LogP contribution is 2.48. The molecule has 6 aromatic rings. The van der Waals surface area contributed by atoms with Crippen LogP contribution in [0.25, 0.3) is 22.5 Å². The number of nitrogens with one attached hydrogen (secondary N) is 1. The number of pyridine rings is 1. The molecule has 0 fully saturated rings. The number of hydrogen-bond donors (Lipinski definition) is 1. The fraction of sp³-hybridized carbons (Fsp3) is 0.431. The number of unbranched alkanes of at least 4 members (excludes halogenated alkanes) is 4. The van der Waals surface area contributed by atoms with E-state index in [-0.39, 0.29) is 28.4 Å². The lowest BCUT2D eigenvalue weighted by molar-refractivity contribution is -0.401. The van der Waals surface area contributed by atoms with Crippen LogP contribution in [0, 0.1) is 0 Å². The molecule has 2 amide bonds. The molecular weight excluding hydrogens is 1090 g/mol. The molecule has 0 radical (unpaired) electrons. The lowest BCUT2D eigenvalue weighted by Gasteiger charge is -2.29. The van der Waals surface area contributed by atoms with Crippen molar-refractivity contribution in [1.82, 2.24) is 25.3 Å². The number of nitrogens with zero attached hydrogens (tertiary/aromatic N) is 7. The Morgan fingerprint density at radius 3 is 2.03 bits per heavy atom. The zero-order valence-corrected chi connectivity index (χ0v) is 51.9. The van der Waals surface area contributed by atoms with E-state index in [1.807, 2.05) is 58.1 Å². The third-order valence-electron chi connectivity index (χ3n) is 17.0. The van der Waals surface area contributed by atoms with Gasteiger partial charge in [-0.15, -0.1) is 5.10 Å². The molecule has 2 aromatic heterocycles. The number of amides is 2. The Bertz CT molecular complexity index is 3380. The Morgan fingerprint density at radius 1 is 0.609 bits per heavy atom. The number of benzene rings is 4. The fourth-order valence-corrected chi connectivity index (χ4v) is 12.2. The van der Waals surface area contributed by atoms with Gasteiger partial charge < -0.3 is 34.1 Å². The molecular formula is C72H89N8O7+. The molecule has 5 heterocycles. The summed E-state index contributed by atoms with van der Waals surface area (Å²) in [5, 5.41) is 12.5. The van der Waals surface area contributed by atoms with Gasteiger partial charge in [0.05, 0.1) is 76.1 Å². The number of carbonyl (C=O) groups is 3. The van der Waals surface area contributed by atoms with Gasteiger partial charge in [0.25, 0.3) is 0 Å². The van der Waals surface area contributed by atoms with Gasteiger partial charge in [-0.3, -0.25) is 19.4 Å². The summed E-state index contributed by atoms with van der Waals surface area (Å²) in [5.41, 5.74) is 14.0. The number of aromatic nitrogens is 4. The topological polar surface area (TPSA) is 153 Å². The highest BCUT2D eigenvalue weighted by Gasteiger charge is 2.43. The molecule has 0 bridgehead atoms. The molecule has 0 saturated heterocycles. The van der Waals surface area contributed by atoms with Gasteiger partial charge in [-0.1, -0.05) is 129 Å². The number of fused-ring (bicyclic) bond motifs is 7. The number of carbonyl (C=O) groups excluding carboxylic acids is 3. The van der Waals surface area contributed by atoms with E-state index in [9.17, 15) is 14.4 Å². The first-order chi connectivity index (χ1) is 42.4. The molecule has 3 aliphatic heterocycles. The maximum Gasteiger partial charge on any atom is 0.227 e. The summed E-state index contributed by atoms with van der Waals surface area (Å²) >= 11 is 0. The zero-order chi connectivity index (χ0) is 60.9. The van der Waals surface area contributed by atoms with Crippen LogP contribution in [0.3, 0.4) is 0 Å². The summed E-state index contributed by atoms with van der Waals surface area (Å²) < 4.78 is 27.2. The smallest absolute Gasteiger partial charge is 0.227 e. The first-order valence-corrected chi connectivity index (χ1v) is 31.5. The average molecular weight is 1180 g/mol. The van der Waals surface area contributed by atoms with E-state index < -0.39 is 0 Å². The number of anilines is 2. The lowest BCUT2D eigenvalue weighted by atomic mass is 9.81. The predicted molar refractivity (Wildman–Crippen MR) is 346 cm³/mol. The van der Waals surface area contributed by atoms with Crippen molar-refractivity contribution in [2.24, 2.45) is 0 Å². The molecule has 15 heteroatoms. The minimum atomic E-state index is -0.138. The highest BCUT2D eigenvalue weighted by atomic mass is 16.6. The van der Waals surface area contributed by atoms with Crippen LogP contribution in [0.1, 0.15) is 121 Å². The Hall–Kier alpha value is -7.69. The molecule has 87 heavy (non-hydrogen) atoms. The molecule has 0 saturated carbocycles. The first kappa shape index (κ1) is 63.8. The SMILES string of the molecule is C[N+]1=C(C=CC=CC=C2N(CCCCCC(=O)NCCCCCC(=O)N3Cc4ccccc4-c4nnn(CCOCCOCCOCCOCCCC(=O)CCc5ccncc5)c4-c4ccccc43)c3ccccc3C2(C)C)C(C)(C)c2ccccc21. The van der Waals surface area contributed by atoms with Crippen LogP contribution in [0.2, 0.25) is 0 Å². The number of rotatable bonds is 34. The number of ketones is 1. The third-order valence-corrected chi connectivity index (χ3v) is 17.0. The molecule has 3 aliphatic rings. The van der Waals surface area contributed by atoms with Gasteiger partial charge in [0.15, 0.2) is 5.71 Å². The second-order valence-electron chi connectivity index (χ2n) is 23.8. The summed E-state index contributed by atoms with van der Waals surface area (Å²) in [6.45, 7) is 15.2. The maximum atomic E-state index is 14.3. The zero-order valence-electron chi connectivity index (χ0n) is 51.9. The van der Waals surface area contributed by atoms with Crippen molar-refractivity contribution in [2.75, 3.05) is 82.8 Å². The predicted octanol–water partition coefficient (Wildman–Crippen LogP) is 12.6. The molecule has 0 unspecified atom stereocenters.